The smallest absolute Gasteiger partial charge is 0.225 e. The van der Waals surface area contributed by atoms with Crippen LogP contribution in [0.5, 0.6) is 0 Å². The van der Waals surface area contributed by atoms with Gasteiger partial charge >= 0.3 is 0 Å². The summed E-state index contributed by atoms with van der Waals surface area (Å²) in [6, 6.07) is 5.76. The van der Waals surface area contributed by atoms with Gasteiger partial charge in [-0.3, -0.25) is 4.79 Å². The van der Waals surface area contributed by atoms with E-state index < -0.39 is 27.7 Å². The summed E-state index contributed by atoms with van der Waals surface area (Å²) in [4.78, 5) is 12.1. The van der Waals surface area contributed by atoms with Crippen molar-refractivity contribution in [2.45, 2.75) is 12.5 Å². The predicted molar refractivity (Wildman–Crippen MR) is 79.7 cm³/mol. The van der Waals surface area contributed by atoms with Crippen LogP contribution in [-0.4, -0.2) is 25.8 Å². The van der Waals surface area contributed by atoms with Gasteiger partial charge in [0.25, 0.3) is 0 Å². The van der Waals surface area contributed by atoms with Crippen molar-refractivity contribution in [1.29, 1.82) is 5.26 Å². The van der Waals surface area contributed by atoms with Crippen LogP contribution in [0.4, 0.5) is 0 Å². The van der Waals surface area contributed by atoms with Crippen molar-refractivity contribution in [3.05, 3.63) is 33.8 Å². The molecular weight excluding hydrogens is 335 g/mol. The molecule has 1 fully saturated rings. The molecule has 2 atom stereocenters. The third kappa shape index (κ3) is 3.67. The molecule has 2 rings (SSSR count). The van der Waals surface area contributed by atoms with Crippen LogP contribution in [0.1, 0.15) is 18.0 Å². The molecule has 1 N–H and O–H groups in total. The zero-order valence-electron chi connectivity index (χ0n) is 10.8. The van der Waals surface area contributed by atoms with Gasteiger partial charge in [-0.1, -0.05) is 35.3 Å². The van der Waals surface area contributed by atoms with E-state index in [0.29, 0.717) is 5.56 Å². The van der Waals surface area contributed by atoms with Crippen LogP contribution < -0.4 is 5.32 Å². The number of nitriles is 1. The zero-order valence-corrected chi connectivity index (χ0v) is 13.2. The first-order valence-electron chi connectivity index (χ1n) is 6.18. The first kappa shape index (κ1) is 16.1. The number of nitrogens with one attached hydrogen (secondary N) is 1. The van der Waals surface area contributed by atoms with E-state index in [-0.39, 0.29) is 28.0 Å². The van der Waals surface area contributed by atoms with Crippen molar-refractivity contribution < 1.29 is 13.2 Å². The second kappa shape index (κ2) is 6.22. The molecule has 8 heteroatoms. The molecule has 1 heterocycles. The highest BCUT2D eigenvalue weighted by atomic mass is 35.5. The average Bonchev–Trinajstić information content (AvgIpc) is 2.80. The van der Waals surface area contributed by atoms with Crippen LogP contribution in [0.25, 0.3) is 0 Å². The van der Waals surface area contributed by atoms with E-state index in [1.54, 1.807) is 18.2 Å². The molecule has 21 heavy (non-hydrogen) atoms. The monoisotopic (exact) mass is 346 g/mol. The number of nitrogens with zero attached hydrogens (tertiary/aromatic N) is 1. The van der Waals surface area contributed by atoms with E-state index in [0.717, 1.165) is 0 Å². The van der Waals surface area contributed by atoms with Crippen LogP contribution in [-0.2, 0) is 14.6 Å². The first-order chi connectivity index (χ1) is 9.84. The molecule has 112 valence electrons. The minimum absolute atomic E-state index is 0.000226. The summed E-state index contributed by atoms with van der Waals surface area (Å²) in [6.07, 6.45) is 0.273. The lowest BCUT2D eigenvalue weighted by molar-refractivity contribution is -0.124. The lowest BCUT2D eigenvalue weighted by Crippen LogP contribution is -2.34. The fraction of sp³-hybridized carbons (Fsp3) is 0.385. The second-order valence-corrected chi connectivity index (χ2v) is 7.83. The lowest BCUT2D eigenvalue weighted by Gasteiger charge is -2.16. The Bertz CT molecular complexity index is 713. The summed E-state index contributed by atoms with van der Waals surface area (Å²) in [6.45, 7) is 0. The van der Waals surface area contributed by atoms with Gasteiger partial charge in [0.1, 0.15) is 6.04 Å². The van der Waals surface area contributed by atoms with Gasteiger partial charge in [0.2, 0.25) is 5.91 Å². The van der Waals surface area contributed by atoms with Gasteiger partial charge in [0.15, 0.2) is 9.84 Å². The van der Waals surface area contributed by atoms with Crippen molar-refractivity contribution >= 4 is 38.9 Å². The van der Waals surface area contributed by atoms with E-state index in [2.05, 4.69) is 5.32 Å². The molecule has 0 aliphatic carbocycles. The van der Waals surface area contributed by atoms with Crippen LogP contribution in [0, 0.1) is 17.2 Å². The van der Waals surface area contributed by atoms with Crippen LogP contribution in [0.15, 0.2) is 18.2 Å². The predicted octanol–water partition coefficient (Wildman–Crippen LogP) is 2.11. The second-order valence-electron chi connectivity index (χ2n) is 4.81. The Balaban J connectivity index is 2.15. The molecule has 1 amide bonds. The SMILES string of the molecule is N#C[C@H](NC(=O)[C@H]1CCS(=O)(=O)C1)c1cccc(Cl)c1Cl. The number of hydrogen-bond acceptors (Lipinski definition) is 4. The van der Waals surface area contributed by atoms with Crippen molar-refractivity contribution in [2.75, 3.05) is 11.5 Å². The first-order valence-corrected chi connectivity index (χ1v) is 8.76. The number of carbonyl (C=O) groups excluding carboxylic acids is 1. The summed E-state index contributed by atoms with van der Waals surface area (Å²) < 4.78 is 22.8. The highest BCUT2D eigenvalue weighted by Gasteiger charge is 2.34. The molecule has 5 nitrogen and oxygen atoms in total. The summed E-state index contributed by atoms with van der Waals surface area (Å²) >= 11 is 11.9. The highest BCUT2D eigenvalue weighted by Crippen LogP contribution is 2.30. The molecule has 1 aliphatic rings. The molecule has 0 bridgehead atoms. The van der Waals surface area contributed by atoms with E-state index in [4.69, 9.17) is 23.2 Å². The standard InChI is InChI=1S/C13H12Cl2N2O3S/c14-10-3-1-2-9(12(10)15)11(6-16)17-13(18)8-4-5-21(19,20)7-8/h1-3,8,11H,4-5,7H2,(H,17,18)/t8-,11-/m0/s1. The third-order valence-corrected chi connectivity index (χ3v) is 5.91. The normalized spacial score (nSPS) is 21.5. The van der Waals surface area contributed by atoms with Gasteiger partial charge in [-0.25, -0.2) is 8.42 Å². The molecular formula is C13H12Cl2N2O3S. The summed E-state index contributed by atoms with van der Waals surface area (Å²) in [5.41, 5.74) is 0.390. The molecule has 0 spiro atoms. The third-order valence-electron chi connectivity index (χ3n) is 3.31. The van der Waals surface area contributed by atoms with Crippen LogP contribution in [0.3, 0.4) is 0 Å². The van der Waals surface area contributed by atoms with E-state index in [9.17, 15) is 18.5 Å². The Kier molecular flexibility index (Phi) is 4.77. The average molecular weight is 347 g/mol. The molecule has 1 aromatic rings. The number of hydrogen-bond donors (Lipinski definition) is 1. The van der Waals surface area contributed by atoms with E-state index in [1.807, 2.05) is 6.07 Å². The topological polar surface area (TPSA) is 87.0 Å². The summed E-state index contributed by atoms with van der Waals surface area (Å²) in [5, 5.41) is 12.2. The van der Waals surface area contributed by atoms with Gasteiger partial charge in [0, 0.05) is 5.56 Å². The quantitative estimate of drug-likeness (QED) is 0.907. The minimum atomic E-state index is -3.15. The maximum absolute atomic E-state index is 12.1. The highest BCUT2D eigenvalue weighted by molar-refractivity contribution is 7.91. The van der Waals surface area contributed by atoms with Crippen molar-refractivity contribution in [1.82, 2.24) is 5.32 Å². The van der Waals surface area contributed by atoms with Crippen molar-refractivity contribution in [3.63, 3.8) is 0 Å². The van der Waals surface area contributed by atoms with Gasteiger partial charge < -0.3 is 5.32 Å². The van der Waals surface area contributed by atoms with Crippen molar-refractivity contribution in [2.24, 2.45) is 5.92 Å². The minimum Gasteiger partial charge on any atom is -0.336 e. The summed E-state index contributed by atoms with van der Waals surface area (Å²) in [7, 11) is -3.15. The molecule has 0 unspecified atom stereocenters. The van der Waals surface area contributed by atoms with E-state index in [1.165, 1.54) is 0 Å². The Morgan fingerprint density at radius 2 is 2.14 bits per heavy atom. The molecule has 1 aliphatic heterocycles. The number of carbonyl (C=O) groups is 1. The largest absolute Gasteiger partial charge is 0.336 e. The van der Waals surface area contributed by atoms with Crippen LogP contribution in [0.2, 0.25) is 10.0 Å². The molecule has 0 radical (unpaired) electrons. The number of halogens is 2. The van der Waals surface area contributed by atoms with Crippen molar-refractivity contribution in [3.8, 4) is 6.07 Å². The maximum Gasteiger partial charge on any atom is 0.225 e. The van der Waals surface area contributed by atoms with Gasteiger partial charge in [0.05, 0.1) is 33.5 Å². The van der Waals surface area contributed by atoms with Crippen LogP contribution >= 0.6 is 23.2 Å². The number of rotatable bonds is 3. The Morgan fingerprint density at radius 1 is 1.43 bits per heavy atom. The zero-order chi connectivity index (χ0) is 15.6. The van der Waals surface area contributed by atoms with Gasteiger partial charge in [-0.15, -0.1) is 0 Å². The molecule has 1 aromatic carbocycles. The fourth-order valence-electron chi connectivity index (χ4n) is 2.18. The molecule has 0 saturated carbocycles. The van der Waals surface area contributed by atoms with E-state index >= 15 is 0 Å². The molecule has 1 saturated heterocycles. The number of benzene rings is 1. The maximum atomic E-state index is 12.1. The number of sulfone groups is 1. The Morgan fingerprint density at radius 3 is 2.71 bits per heavy atom. The van der Waals surface area contributed by atoms with Gasteiger partial charge in [-0.2, -0.15) is 5.26 Å². The summed E-state index contributed by atoms with van der Waals surface area (Å²) in [5.74, 6) is -1.26. The lowest BCUT2D eigenvalue weighted by atomic mass is 10.0. The molecule has 0 aromatic heterocycles. The number of amides is 1. The van der Waals surface area contributed by atoms with Gasteiger partial charge in [-0.05, 0) is 12.5 Å². The Hall–Kier alpha value is -1.29. The fourth-order valence-corrected chi connectivity index (χ4v) is 4.34. The Labute approximate surface area is 132 Å².